The van der Waals surface area contributed by atoms with Gasteiger partial charge >= 0.3 is 6.03 Å². The number of urea groups is 1. The molecule has 6 heteroatoms. The maximum Gasteiger partial charge on any atom is 0.317 e. The summed E-state index contributed by atoms with van der Waals surface area (Å²) >= 11 is 0. The van der Waals surface area contributed by atoms with Crippen LogP contribution >= 0.6 is 0 Å². The number of carbonyl (C=O) groups excluding carboxylic acids is 1. The van der Waals surface area contributed by atoms with Crippen LogP contribution in [0.3, 0.4) is 0 Å². The Kier molecular flexibility index (Phi) is 6.04. The Morgan fingerprint density at radius 3 is 3.04 bits per heavy atom. The van der Waals surface area contributed by atoms with E-state index >= 15 is 0 Å². The van der Waals surface area contributed by atoms with E-state index in [4.69, 9.17) is 4.74 Å². The maximum absolute atomic E-state index is 12.3. The van der Waals surface area contributed by atoms with Crippen LogP contribution in [0.15, 0.2) is 12.4 Å². The van der Waals surface area contributed by atoms with Crippen molar-refractivity contribution in [1.29, 1.82) is 0 Å². The highest BCUT2D eigenvalue weighted by Crippen LogP contribution is 2.26. The Morgan fingerprint density at radius 2 is 2.35 bits per heavy atom. The molecule has 1 saturated heterocycles. The van der Waals surface area contributed by atoms with Crippen LogP contribution in [0.5, 0.6) is 0 Å². The number of aromatic nitrogens is 2. The average Bonchev–Trinajstić information content (AvgIpc) is 2.97. The van der Waals surface area contributed by atoms with Gasteiger partial charge in [-0.15, -0.1) is 0 Å². The lowest BCUT2D eigenvalue weighted by Gasteiger charge is -2.39. The van der Waals surface area contributed by atoms with Gasteiger partial charge in [0, 0.05) is 51.6 Å². The van der Waals surface area contributed by atoms with Crippen molar-refractivity contribution >= 4 is 6.03 Å². The van der Waals surface area contributed by atoms with Gasteiger partial charge in [-0.25, -0.2) is 9.78 Å². The van der Waals surface area contributed by atoms with Crippen LogP contribution in [0, 0.1) is 0 Å². The second kappa shape index (κ2) is 7.81. The highest BCUT2D eigenvalue weighted by Gasteiger charge is 2.32. The monoisotopic (exact) mass is 322 g/mol. The second-order valence-electron chi connectivity index (χ2n) is 6.84. The lowest BCUT2D eigenvalue weighted by molar-refractivity contribution is -0.0744. The van der Waals surface area contributed by atoms with E-state index in [0.29, 0.717) is 6.54 Å². The fourth-order valence-corrected chi connectivity index (χ4v) is 3.12. The molecule has 23 heavy (non-hydrogen) atoms. The molecule has 130 valence electrons. The van der Waals surface area contributed by atoms with E-state index < -0.39 is 0 Å². The third-order valence-electron chi connectivity index (χ3n) is 4.51. The summed E-state index contributed by atoms with van der Waals surface area (Å²) < 4.78 is 7.87. The predicted octanol–water partition coefficient (Wildman–Crippen LogP) is 2.43. The Bertz CT molecular complexity index is 512. The smallest absolute Gasteiger partial charge is 0.317 e. The van der Waals surface area contributed by atoms with Gasteiger partial charge in [0.2, 0.25) is 0 Å². The van der Waals surface area contributed by atoms with Crippen molar-refractivity contribution in [3.05, 3.63) is 18.2 Å². The number of hydrogen-bond acceptors (Lipinski definition) is 3. The van der Waals surface area contributed by atoms with E-state index in [0.717, 1.165) is 44.7 Å². The summed E-state index contributed by atoms with van der Waals surface area (Å²) in [6.07, 6.45) is 7.45. The summed E-state index contributed by atoms with van der Waals surface area (Å²) in [4.78, 5) is 18.4. The number of nitrogens with zero attached hydrogens (tertiary/aromatic N) is 3. The van der Waals surface area contributed by atoms with Crippen LogP contribution in [0.25, 0.3) is 0 Å². The minimum Gasteiger partial charge on any atom is -0.375 e. The number of imidazole rings is 1. The van der Waals surface area contributed by atoms with E-state index in [-0.39, 0.29) is 17.7 Å². The van der Waals surface area contributed by atoms with Crippen LogP contribution in [0.4, 0.5) is 4.79 Å². The van der Waals surface area contributed by atoms with Crippen LogP contribution in [0.2, 0.25) is 0 Å². The van der Waals surface area contributed by atoms with Gasteiger partial charge in [0.1, 0.15) is 5.82 Å². The van der Waals surface area contributed by atoms with E-state index in [1.54, 1.807) is 0 Å². The van der Waals surface area contributed by atoms with Gasteiger partial charge in [0.05, 0.1) is 5.60 Å². The van der Waals surface area contributed by atoms with Crippen LogP contribution in [0.1, 0.15) is 45.9 Å². The number of hydrogen-bond donors (Lipinski definition) is 1. The molecule has 0 spiro atoms. The normalized spacial score (nSPS) is 20.3. The third kappa shape index (κ3) is 4.96. The Balaban J connectivity index is 1.72. The molecule has 1 N–H and O–H groups in total. The second-order valence-corrected chi connectivity index (χ2v) is 6.84. The minimum atomic E-state index is -0.143. The Hall–Kier alpha value is -1.56. The molecule has 1 aliphatic heterocycles. The number of amides is 2. The summed E-state index contributed by atoms with van der Waals surface area (Å²) in [6, 6.07) is 0.258. The molecule has 6 nitrogen and oxygen atoms in total. The molecule has 1 aliphatic rings. The van der Waals surface area contributed by atoms with Gasteiger partial charge in [-0.1, -0.05) is 6.92 Å². The molecule has 1 atom stereocenters. The zero-order chi connectivity index (χ0) is 16.9. The Morgan fingerprint density at radius 1 is 1.57 bits per heavy atom. The van der Waals surface area contributed by atoms with E-state index in [1.807, 2.05) is 24.3 Å². The average molecular weight is 322 g/mol. The number of carbonyl (C=O) groups is 1. The topological polar surface area (TPSA) is 59.4 Å². The molecule has 1 aromatic heterocycles. The van der Waals surface area contributed by atoms with Gasteiger partial charge in [-0.2, -0.15) is 0 Å². The van der Waals surface area contributed by atoms with Crippen molar-refractivity contribution in [1.82, 2.24) is 19.8 Å². The molecule has 2 heterocycles. The van der Waals surface area contributed by atoms with E-state index in [1.165, 1.54) is 0 Å². The fraction of sp³-hybridized carbons (Fsp3) is 0.765. The molecule has 0 unspecified atom stereocenters. The van der Waals surface area contributed by atoms with E-state index in [2.05, 4.69) is 35.6 Å². The van der Waals surface area contributed by atoms with Gasteiger partial charge in [0.25, 0.3) is 0 Å². The zero-order valence-corrected chi connectivity index (χ0v) is 14.8. The summed E-state index contributed by atoms with van der Waals surface area (Å²) in [6.45, 7) is 8.55. The maximum atomic E-state index is 12.3. The largest absolute Gasteiger partial charge is 0.375 e. The number of nitrogens with one attached hydrogen (secondary N) is 1. The van der Waals surface area contributed by atoms with Gasteiger partial charge in [-0.3, -0.25) is 0 Å². The first-order valence-corrected chi connectivity index (χ1v) is 8.57. The van der Waals surface area contributed by atoms with Crippen molar-refractivity contribution in [2.45, 2.75) is 64.6 Å². The van der Waals surface area contributed by atoms with Crippen LogP contribution in [-0.4, -0.2) is 52.3 Å². The highest BCUT2D eigenvalue weighted by molar-refractivity contribution is 5.74. The highest BCUT2D eigenvalue weighted by atomic mass is 16.5. The Labute approximate surface area is 139 Å². The fourth-order valence-electron chi connectivity index (χ4n) is 3.12. The quantitative estimate of drug-likeness (QED) is 0.818. The van der Waals surface area contributed by atoms with Crippen molar-refractivity contribution in [2.24, 2.45) is 0 Å². The molecular weight excluding hydrogens is 292 g/mol. The van der Waals surface area contributed by atoms with Crippen LogP contribution in [-0.2, 0) is 17.7 Å². The predicted molar refractivity (Wildman–Crippen MR) is 90.4 cm³/mol. The first-order valence-electron chi connectivity index (χ1n) is 8.57. The van der Waals surface area contributed by atoms with Crippen molar-refractivity contribution in [3.63, 3.8) is 0 Å². The molecular formula is C17H30N4O2. The first kappa shape index (κ1) is 17.8. The van der Waals surface area contributed by atoms with Crippen molar-refractivity contribution < 1.29 is 9.53 Å². The van der Waals surface area contributed by atoms with Crippen molar-refractivity contribution in [2.75, 3.05) is 20.2 Å². The molecule has 0 saturated carbocycles. The molecule has 1 aromatic rings. The molecule has 0 radical (unpaired) electrons. The number of ether oxygens (including phenoxy) is 1. The van der Waals surface area contributed by atoms with Gasteiger partial charge in [-0.05, 0) is 33.1 Å². The van der Waals surface area contributed by atoms with E-state index in [9.17, 15) is 4.79 Å². The molecule has 0 aliphatic carbocycles. The molecule has 2 amide bonds. The zero-order valence-electron chi connectivity index (χ0n) is 14.8. The van der Waals surface area contributed by atoms with Crippen molar-refractivity contribution in [3.8, 4) is 0 Å². The molecule has 0 aromatic carbocycles. The molecule has 2 rings (SSSR count). The van der Waals surface area contributed by atoms with Gasteiger partial charge < -0.3 is 19.5 Å². The summed E-state index contributed by atoms with van der Waals surface area (Å²) in [5, 5.41) is 3.02. The standard InChI is InChI=1S/C17H30N4O2/c1-5-15-18-9-11-21(15)10-6-8-19-16(22)20(4)14-7-12-23-17(2,3)13-14/h9,11,14H,5-8,10,12-13H2,1-4H3,(H,19,22)/t14-/m0/s1. The molecule has 1 fully saturated rings. The number of rotatable bonds is 6. The summed E-state index contributed by atoms with van der Waals surface area (Å²) in [5.74, 6) is 1.10. The summed E-state index contributed by atoms with van der Waals surface area (Å²) in [5.41, 5.74) is -0.143. The van der Waals surface area contributed by atoms with Crippen LogP contribution < -0.4 is 5.32 Å². The lowest BCUT2D eigenvalue weighted by Crippen LogP contribution is -2.50. The first-order chi connectivity index (χ1) is 10.9. The minimum absolute atomic E-state index is 0.00838. The SMILES string of the molecule is CCc1nccn1CCCNC(=O)N(C)[C@H]1CCOC(C)(C)C1. The molecule has 0 bridgehead atoms. The third-order valence-corrected chi connectivity index (χ3v) is 4.51. The lowest BCUT2D eigenvalue weighted by atomic mass is 9.93. The number of aryl methyl sites for hydroxylation is 2. The van der Waals surface area contributed by atoms with Gasteiger partial charge in [0.15, 0.2) is 0 Å². The summed E-state index contributed by atoms with van der Waals surface area (Å²) in [7, 11) is 1.88.